The second kappa shape index (κ2) is 4.62. The lowest BCUT2D eigenvalue weighted by atomic mass is 10.0. The third-order valence-electron chi connectivity index (χ3n) is 4.47. The Bertz CT molecular complexity index is 830. The summed E-state index contributed by atoms with van der Waals surface area (Å²) >= 11 is 0. The number of hydrogen-bond donors (Lipinski definition) is 1. The van der Waals surface area contributed by atoms with E-state index in [4.69, 9.17) is 0 Å². The van der Waals surface area contributed by atoms with Crippen LogP contribution in [0.5, 0.6) is 0 Å². The summed E-state index contributed by atoms with van der Waals surface area (Å²) in [6.45, 7) is 5.38. The Morgan fingerprint density at radius 2 is 1.95 bits per heavy atom. The van der Waals surface area contributed by atoms with E-state index in [-0.39, 0.29) is 0 Å². The highest BCUT2D eigenvalue weighted by atomic mass is 15.0. The van der Waals surface area contributed by atoms with Crippen LogP contribution in [0.4, 0.5) is 5.69 Å². The Balaban J connectivity index is 1.88. The lowest BCUT2D eigenvalue weighted by Gasteiger charge is -2.19. The summed E-state index contributed by atoms with van der Waals surface area (Å²) < 4.78 is 2.19. The van der Waals surface area contributed by atoms with Gasteiger partial charge < -0.3 is 5.32 Å². The van der Waals surface area contributed by atoms with Crippen molar-refractivity contribution in [1.29, 1.82) is 0 Å². The van der Waals surface area contributed by atoms with E-state index >= 15 is 0 Å². The van der Waals surface area contributed by atoms with Gasteiger partial charge in [-0.3, -0.25) is 4.57 Å². The van der Waals surface area contributed by atoms with Crippen LogP contribution in [-0.2, 0) is 6.42 Å². The molecule has 1 aliphatic rings. The second-order valence-corrected chi connectivity index (χ2v) is 5.91. The van der Waals surface area contributed by atoms with Crippen molar-refractivity contribution in [1.82, 2.24) is 9.55 Å². The van der Waals surface area contributed by atoms with Crippen LogP contribution in [0.1, 0.15) is 23.1 Å². The highest BCUT2D eigenvalue weighted by molar-refractivity contribution is 5.79. The summed E-state index contributed by atoms with van der Waals surface area (Å²) in [5.41, 5.74) is 8.73. The van der Waals surface area contributed by atoms with Crippen molar-refractivity contribution in [3.63, 3.8) is 0 Å². The fourth-order valence-electron chi connectivity index (χ4n) is 3.08. The van der Waals surface area contributed by atoms with Crippen LogP contribution in [0.15, 0.2) is 36.7 Å². The molecular formula is C18H19N3. The molecule has 0 aliphatic carbocycles. The Morgan fingerprint density at radius 1 is 1.10 bits per heavy atom. The van der Waals surface area contributed by atoms with Crippen LogP contribution in [0, 0.1) is 13.8 Å². The van der Waals surface area contributed by atoms with Gasteiger partial charge in [0, 0.05) is 17.9 Å². The second-order valence-electron chi connectivity index (χ2n) is 5.91. The van der Waals surface area contributed by atoms with Gasteiger partial charge >= 0.3 is 0 Å². The summed E-state index contributed by atoms with van der Waals surface area (Å²) in [7, 11) is 0. The highest BCUT2D eigenvalue weighted by Crippen LogP contribution is 2.27. The van der Waals surface area contributed by atoms with Crippen molar-refractivity contribution in [2.75, 3.05) is 11.9 Å². The minimum Gasteiger partial charge on any atom is -0.385 e. The predicted molar refractivity (Wildman–Crippen MR) is 87.4 cm³/mol. The van der Waals surface area contributed by atoms with Gasteiger partial charge in [0.2, 0.25) is 0 Å². The van der Waals surface area contributed by atoms with Crippen LogP contribution in [0.3, 0.4) is 0 Å². The van der Waals surface area contributed by atoms with Gasteiger partial charge in [0.05, 0.1) is 11.0 Å². The minimum atomic E-state index is 1.06. The zero-order chi connectivity index (χ0) is 14.4. The van der Waals surface area contributed by atoms with Crippen molar-refractivity contribution >= 4 is 16.7 Å². The molecular weight excluding hydrogens is 258 g/mol. The zero-order valence-corrected chi connectivity index (χ0v) is 12.5. The number of fused-ring (bicyclic) bond motifs is 2. The number of hydrogen-bond acceptors (Lipinski definition) is 2. The number of anilines is 1. The van der Waals surface area contributed by atoms with Gasteiger partial charge in [-0.25, -0.2) is 4.98 Å². The summed E-state index contributed by atoms with van der Waals surface area (Å²) in [6, 6.07) is 11.1. The van der Waals surface area contributed by atoms with Gasteiger partial charge in [0.25, 0.3) is 0 Å². The molecule has 0 spiro atoms. The molecule has 0 saturated heterocycles. The molecule has 1 aliphatic heterocycles. The van der Waals surface area contributed by atoms with Crippen molar-refractivity contribution in [2.45, 2.75) is 26.7 Å². The van der Waals surface area contributed by atoms with E-state index in [1.807, 2.05) is 6.33 Å². The lowest BCUT2D eigenvalue weighted by molar-refractivity contribution is 0.828. The predicted octanol–water partition coefficient (Wildman–Crippen LogP) is 4.00. The molecule has 2 heterocycles. The largest absolute Gasteiger partial charge is 0.385 e. The minimum absolute atomic E-state index is 1.06. The zero-order valence-electron chi connectivity index (χ0n) is 12.5. The smallest absolute Gasteiger partial charge is 0.100 e. The maximum atomic E-state index is 4.56. The van der Waals surface area contributed by atoms with Crippen LogP contribution >= 0.6 is 0 Å². The molecule has 0 unspecified atom stereocenters. The van der Waals surface area contributed by atoms with E-state index in [0.717, 1.165) is 18.5 Å². The molecule has 3 aromatic rings. The van der Waals surface area contributed by atoms with E-state index in [9.17, 15) is 0 Å². The SMILES string of the molecule is Cc1cc2ncn(-c3ccc4c(c3)CCCN4)c2cc1C. The number of nitrogens with zero attached hydrogens (tertiary/aromatic N) is 2. The first kappa shape index (κ1) is 12.5. The molecule has 3 nitrogen and oxygen atoms in total. The maximum Gasteiger partial charge on any atom is 0.100 e. The van der Waals surface area contributed by atoms with Crippen LogP contribution in [-0.4, -0.2) is 16.1 Å². The summed E-state index contributed by atoms with van der Waals surface area (Å²) in [5, 5.41) is 3.46. The molecule has 3 heteroatoms. The quantitative estimate of drug-likeness (QED) is 0.728. The van der Waals surface area contributed by atoms with Crippen LogP contribution in [0.25, 0.3) is 16.7 Å². The van der Waals surface area contributed by atoms with Gasteiger partial charge in [-0.15, -0.1) is 0 Å². The fourth-order valence-corrected chi connectivity index (χ4v) is 3.08. The van der Waals surface area contributed by atoms with Gasteiger partial charge in [-0.2, -0.15) is 0 Å². The van der Waals surface area contributed by atoms with Crippen molar-refractivity contribution < 1.29 is 0 Å². The first-order valence-corrected chi connectivity index (χ1v) is 7.54. The van der Waals surface area contributed by atoms with E-state index in [0.29, 0.717) is 0 Å². The highest BCUT2D eigenvalue weighted by Gasteiger charge is 2.11. The molecule has 1 aromatic heterocycles. The van der Waals surface area contributed by atoms with Crippen LogP contribution < -0.4 is 5.32 Å². The molecule has 4 rings (SSSR count). The van der Waals surface area contributed by atoms with Crippen molar-refractivity contribution in [2.24, 2.45) is 0 Å². The van der Waals surface area contributed by atoms with Gasteiger partial charge in [-0.1, -0.05) is 0 Å². The summed E-state index contributed by atoms with van der Waals surface area (Å²) in [4.78, 5) is 4.56. The fraction of sp³-hybridized carbons (Fsp3) is 0.278. The Labute approximate surface area is 124 Å². The number of imidazole rings is 1. The molecule has 106 valence electrons. The summed E-state index contributed by atoms with van der Waals surface area (Å²) in [5.74, 6) is 0. The van der Waals surface area contributed by atoms with E-state index in [1.54, 1.807) is 0 Å². The molecule has 0 bridgehead atoms. The van der Waals surface area contributed by atoms with Crippen LogP contribution in [0.2, 0.25) is 0 Å². The number of rotatable bonds is 1. The summed E-state index contributed by atoms with van der Waals surface area (Å²) in [6.07, 6.45) is 4.29. The maximum absolute atomic E-state index is 4.56. The molecule has 0 saturated carbocycles. The van der Waals surface area contributed by atoms with E-state index < -0.39 is 0 Å². The molecule has 0 amide bonds. The Morgan fingerprint density at radius 3 is 2.86 bits per heavy atom. The molecule has 0 fully saturated rings. The van der Waals surface area contributed by atoms with Crippen molar-refractivity contribution in [3.05, 3.63) is 53.3 Å². The molecule has 1 N–H and O–H groups in total. The van der Waals surface area contributed by atoms with E-state index in [2.05, 4.69) is 59.0 Å². The first-order valence-electron chi connectivity index (χ1n) is 7.54. The molecule has 21 heavy (non-hydrogen) atoms. The number of aryl methyl sites for hydroxylation is 3. The topological polar surface area (TPSA) is 29.9 Å². The van der Waals surface area contributed by atoms with Gasteiger partial charge in [0.1, 0.15) is 6.33 Å². The van der Waals surface area contributed by atoms with E-state index in [1.165, 1.54) is 40.0 Å². The number of nitrogens with one attached hydrogen (secondary N) is 1. The normalized spacial score (nSPS) is 14.0. The standard InChI is InChI=1S/C18H19N3/c1-12-8-17-18(9-13(12)2)21(11-20-17)15-5-6-16-14(10-15)4-3-7-19-16/h5-6,8-11,19H,3-4,7H2,1-2H3. The van der Waals surface area contributed by atoms with Crippen molar-refractivity contribution in [3.8, 4) is 5.69 Å². The van der Waals surface area contributed by atoms with Gasteiger partial charge in [-0.05, 0) is 73.7 Å². The Kier molecular flexibility index (Phi) is 2.74. The molecule has 2 aromatic carbocycles. The monoisotopic (exact) mass is 277 g/mol. The lowest BCUT2D eigenvalue weighted by Crippen LogP contribution is -2.11. The first-order chi connectivity index (χ1) is 10.2. The van der Waals surface area contributed by atoms with Gasteiger partial charge in [0.15, 0.2) is 0 Å². The molecule has 0 atom stereocenters. The third kappa shape index (κ3) is 2.00. The average Bonchev–Trinajstić information content (AvgIpc) is 2.90. The number of aromatic nitrogens is 2. The Hall–Kier alpha value is -2.29. The molecule has 0 radical (unpaired) electrons. The number of benzene rings is 2. The third-order valence-corrected chi connectivity index (χ3v) is 4.47. The average molecular weight is 277 g/mol.